The Hall–Kier alpha value is -3.22. The van der Waals surface area contributed by atoms with Crippen molar-refractivity contribution in [3.05, 3.63) is 87.7 Å². The fourth-order valence-electron chi connectivity index (χ4n) is 3.71. The lowest BCUT2D eigenvalue weighted by atomic mass is 9.80. The largest absolute Gasteiger partial charge is 0.466 e. The molecule has 0 aliphatic carbocycles. The average Bonchev–Trinajstić information content (AvgIpc) is 2.89. The Labute approximate surface area is 227 Å². The first-order valence-electron chi connectivity index (χ1n) is 11.6. The number of benzene rings is 2. The van der Waals surface area contributed by atoms with E-state index in [9.17, 15) is 18.0 Å². The predicted octanol–water partition coefficient (Wildman–Crippen LogP) is 3.20. The molecular weight excluding hydrogens is 536 g/mol. The van der Waals surface area contributed by atoms with Gasteiger partial charge in [0.25, 0.3) is 10.1 Å². The maximum atomic E-state index is 12.9. The van der Waals surface area contributed by atoms with E-state index in [2.05, 4.69) is 5.32 Å². The summed E-state index contributed by atoms with van der Waals surface area (Å²) < 4.78 is 45.0. The molecule has 0 bridgehead atoms. The molecule has 0 aromatic heterocycles. The molecule has 2 aromatic carbocycles. The first-order valence-corrected chi connectivity index (χ1v) is 13.4. The van der Waals surface area contributed by atoms with E-state index in [1.165, 1.54) is 19.2 Å². The summed E-state index contributed by atoms with van der Waals surface area (Å²) in [5, 5.41) is 3.52. The monoisotopic (exact) mass is 566 g/mol. The fraction of sp³-hybridized carbons (Fsp3) is 0.308. The molecule has 0 amide bonds. The summed E-state index contributed by atoms with van der Waals surface area (Å²) in [6.07, 6.45) is 0. The van der Waals surface area contributed by atoms with Gasteiger partial charge < -0.3 is 25.3 Å². The number of carbonyl (C=O) groups is 2. The molecule has 206 valence electrons. The van der Waals surface area contributed by atoms with Crippen molar-refractivity contribution >= 4 is 33.7 Å². The zero-order valence-corrected chi connectivity index (χ0v) is 22.8. The van der Waals surface area contributed by atoms with Gasteiger partial charge in [0, 0.05) is 17.3 Å². The Bertz CT molecular complexity index is 1290. The normalized spacial score (nSPS) is 15.3. The number of methoxy groups -OCH3 is 1. The van der Waals surface area contributed by atoms with E-state index >= 15 is 0 Å². The van der Waals surface area contributed by atoms with Gasteiger partial charge in [0.15, 0.2) is 0 Å². The van der Waals surface area contributed by atoms with Crippen LogP contribution in [0.2, 0.25) is 5.02 Å². The Balaban J connectivity index is 0.000000423. The van der Waals surface area contributed by atoms with E-state index in [1.54, 1.807) is 56.3 Å². The molecule has 1 aliphatic heterocycles. The topological polar surface area (TPSA) is 154 Å². The summed E-state index contributed by atoms with van der Waals surface area (Å²) in [5.41, 5.74) is 7.70. The molecule has 0 unspecified atom stereocenters. The van der Waals surface area contributed by atoms with Crippen LogP contribution < -0.4 is 11.1 Å². The number of nitrogens with one attached hydrogen (secondary N) is 1. The van der Waals surface area contributed by atoms with E-state index in [0.29, 0.717) is 40.7 Å². The van der Waals surface area contributed by atoms with E-state index in [-0.39, 0.29) is 23.7 Å². The fourth-order valence-corrected chi connectivity index (χ4v) is 4.46. The maximum Gasteiger partial charge on any atom is 0.336 e. The molecule has 0 saturated carbocycles. The summed E-state index contributed by atoms with van der Waals surface area (Å²) in [4.78, 5) is 25.4. The average molecular weight is 567 g/mol. The quantitative estimate of drug-likeness (QED) is 0.234. The van der Waals surface area contributed by atoms with Gasteiger partial charge in [-0.25, -0.2) is 9.59 Å². The number of hydrogen-bond acceptors (Lipinski definition) is 9. The van der Waals surface area contributed by atoms with Crippen LogP contribution in [0.4, 0.5) is 0 Å². The molecule has 1 aliphatic rings. The van der Waals surface area contributed by atoms with E-state index < -0.39 is 28.0 Å². The molecule has 0 saturated heterocycles. The highest BCUT2D eigenvalue weighted by molar-refractivity contribution is 7.85. The van der Waals surface area contributed by atoms with Crippen LogP contribution in [-0.2, 0) is 33.9 Å². The number of dihydropyridines is 1. The minimum absolute atomic E-state index is 0.0741. The third-order valence-electron chi connectivity index (χ3n) is 5.31. The van der Waals surface area contributed by atoms with Crippen molar-refractivity contribution in [2.45, 2.75) is 24.7 Å². The van der Waals surface area contributed by atoms with Gasteiger partial charge in [-0.05, 0) is 37.6 Å². The van der Waals surface area contributed by atoms with Crippen LogP contribution >= 0.6 is 11.6 Å². The van der Waals surface area contributed by atoms with Crippen LogP contribution in [0.15, 0.2) is 82.0 Å². The number of halogens is 1. The first kappa shape index (κ1) is 31.0. The van der Waals surface area contributed by atoms with Gasteiger partial charge >= 0.3 is 11.9 Å². The zero-order valence-electron chi connectivity index (χ0n) is 21.3. The van der Waals surface area contributed by atoms with Crippen LogP contribution in [0.25, 0.3) is 0 Å². The Morgan fingerprint density at radius 1 is 1.05 bits per heavy atom. The third-order valence-corrected chi connectivity index (χ3v) is 6.52. The molecule has 38 heavy (non-hydrogen) atoms. The summed E-state index contributed by atoms with van der Waals surface area (Å²) >= 11 is 6.42. The minimum Gasteiger partial charge on any atom is -0.466 e. The van der Waals surface area contributed by atoms with Crippen molar-refractivity contribution in [1.82, 2.24) is 5.32 Å². The van der Waals surface area contributed by atoms with Crippen molar-refractivity contribution in [2.75, 3.05) is 33.5 Å². The first-order chi connectivity index (χ1) is 18.1. The van der Waals surface area contributed by atoms with Crippen molar-refractivity contribution in [3.8, 4) is 0 Å². The van der Waals surface area contributed by atoms with Crippen LogP contribution in [0.5, 0.6) is 0 Å². The van der Waals surface area contributed by atoms with Crippen molar-refractivity contribution in [1.29, 1.82) is 0 Å². The van der Waals surface area contributed by atoms with E-state index in [1.807, 2.05) is 0 Å². The SMILES string of the molecule is CCOC(=O)C1=C(COCCN)NC(C)=C(C(=O)OC)[C@H]1c1ccccc1Cl.O=S(=O)(O)c1ccccc1. The van der Waals surface area contributed by atoms with Crippen LogP contribution in [0, 0.1) is 0 Å². The Morgan fingerprint density at radius 2 is 1.68 bits per heavy atom. The maximum absolute atomic E-state index is 12.9. The highest BCUT2D eigenvalue weighted by Gasteiger charge is 2.39. The third kappa shape index (κ3) is 8.14. The molecule has 3 rings (SSSR count). The minimum atomic E-state index is -4.00. The number of allylic oxidation sites excluding steroid dienone is 1. The Kier molecular flexibility index (Phi) is 11.9. The molecule has 10 nitrogen and oxygen atoms in total. The number of rotatable bonds is 9. The van der Waals surface area contributed by atoms with Crippen LogP contribution in [0.1, 0.15) is 25.3 Å². The number of esters is 2. The zero-order chi connectivity index (χ0) is 28.3. The molecule has 4 N–H and O–H groups in total. The number of nitrogens with two attached hydrogens (primary N) is 1. The lowest BCUT2D eigenvalue weighted by molar-refractivity contribution is -0.139. The molecule has 0 radical (unpaired) electrons. The van der Waals surface area contributed by atoms with E-state index in [4.69, 9.17) is 36.1 Å². The van der Waals surface area contributed by atoms with Gasteiger partial charge in [-0.2, -0.15) is 8.42 Å². The molecular formula is C26H31ClN2O8S. The second-order valence-corrected chi connectivity index (χ2v) is 9.68. The summed E-state index contributed by atoms with van der Waals surface area (Å²) in [7, 11) is -2.71. The summed E-state index contributed by atoms with van der Waals surface area (Å²) in [6.45, 7) is 4.42. The smallest absolute Gasteiger partial charge is 0.336 e. The lowest BCUT2D eigenvalue weighted by Crippen LogP contribution is -2.35. The highest BCUT2D eigenvalue weighted by Crippen LogP contribution is 2.41. The van der Waals surface area contributed by atoms with Gasteiger partial charge in [0.1, 0.15) is 0 Å². The van der Waals surface area contributed by atoms with Gasteiger partial charge in [0.05, 0.1) is 54.6 Å². The van der Waals surface area contributed by atoms with Gasteiger partial charge in [-0.1, -0.05) is 48.0 Å². The molecule has 0 fully saturated rings. The van der Waals surface area contributed by atoms with Crippen molar-refractivity contribution < 1.29 is 36.8 Å². The standard InChI is InChI=1S/C20H25ClN2O5.C6H6O3S/c1-4-28-20(25)18-15(11-27-10-9-22)23-12(2)16(19(24)26-3)17(18)13-7-5-6-8-14(13)21;7-10(8,9)6-4-2-1-3-5-6/h5-8,17,23H,4,9-11,22H2,1-3H3;1-5H,(H,7,8,9)/t17-;/m1./s1. The van der Waals surface area contributed by atoms with Gasteiger partial charge in [0.2, 0.25) is 0 Å². The number of ether oxygens (including phenoxy) is 3. The van der Waals surface area contributed by atoms with E-state index in [0.717, 1.165) is 0 Å². The number of hydrogen-bond donors (Lipinski definition) is 3. The van der Waals surface area contributed by atoms with Gasteiger partial charge in [-0.15, -0.1) is 0 Å². The van der Waals surface area contributed by atoms with Crippen molar-refractivity contribution in [2.24, 2.45) is 5.73 Å². The molecule has 2 aromatic rings. The second kappa shape index (κ2) is 14.6. The predicted molar refractivity (Wildman–Crippen MR) is 142 cm³/mol. The van der Waals surface area contributed by atoms with Gasteiger partial charge in [-0.3, -0.25) is 4.55 Å². The lowest BCUT2D eigenvalue weighted by Gasteiger charge is -2.31. The summed E-state index contributed by atoms with van der Waals surface area (Å²) in [6, 6.07) is 14.5. The second-order valence-electron chi connectivity index (χ2n) is 7.85. The molecule has 0 spiro atoms. The number of carbonyl (C=O) groups excluding carboxylic acids is 2. The van der Waals surface area contributed by atoms with Crippen LogP contribution in [-0.4, -0.2) is 58.4 Å². The van der Waals surface area contributed by atoms with Crippen LogP contribution in [0.3, 0.4) is 0 Å². The highest BCUT2D eigenvalue weighted by atomic mass is 35.5. The van der Waals surface area contributed by atoms with Crippen molar-refractivity contribution in [3.63, 3.8) is 0 Å². The molecule has 12 heteroatoms. The Morgan fingerprint density at radius 3 is 2.21 bits per heavy atom. The summed E-state index contributed by atoms with van der Waals surface area (Å²) in [5.74, 6) is -1.86. The molecule has 1 heterocycles. The molecule has 1 atom stereocenters.